The molecule has 8 heteroatoms. The lowest BCUT2D eigenvalue weighted by Crippen LogP contribution is -2.18. The molecule has 2 rings (SSSR count). The van der Waals surface area contributed by atoms with Crippen LogP contribution in [0.3, 0.4) is 0 Å². The monoisotopic (exact) mass is 386 g/mol. The van der Waals surface area contributed by atoms with Crippen LogP contribution in [0.4, 0.5) is 10.5 Å². The number of hydrogen-bond acceptors (Lipinski definition) is 6. The number of hydrogen-bond donors (Lipinski definition) is 4. The highest BCUT2D eigenvalue weighted by Crippen LogP contribution is 2.26. The van der Waals surface area contributed by atoms with Crippen LogP contribution in [0.5, 0.6) is 5.75 Å². The Labute approximate surface area is 162 Å². The molecule has 4 N–H and O–H groups in total. The molecule has 0 radical (unpaired) electrons. The van der Waals surface area contributed by atoms with E-state index in [0.29, 0.717) is 17.0 Å². The van der Waals surface area contributed by atoms with Gasteiger partial charge < -0.3 is 14.6 Å². The number of carbonyl (C=O) groups excluding carboxylic acids is 2. The van der Waals surface area contributed by atoms with Crippen LogP contribution in [0.2, 0.25) is 0 Å². The fourth-order valence-corrected chi connectivity index (χ4v) is 2.35. The molecule has 2 aromatic carbocycles. The van der Waals surface area contributed by atoms with E-state index in [-0.39, 0.29) is 19.6 Å². The van der Waals surface area contributed by atoms with Gasteiger partial charge in [-0.25, -0.2) is 10.3 Å². The van der Waals surface area contributed by atoms with Crippen molar-refractivity contribution in [1.29, 1.82) is 0 Å². The standard InChI is InChI=1S/C20H22N2O6/c23-12-13-27-17-9-4-6-15(14-17)18(10-5-11-19(24)22-26)28-20(25)21-16-7-2-1-3-8-16/h1-9,11,14,18,23,26H,10,12-13H2,(H,21,25)(H,22,24)/b11-5+/t18-/m0/s1. The Hall–Kier alpha value is -3.36. The largest absolute Gasteiger partial charge is 0.491 e. The van der Waals surface area contributed by atoms with E-state index in [0.717, 1.165) is 6.08 Å². The topological polar surface area (TPSA) is 117 Å². The van der Waals surface area contributed by atoms with Gasteiger partial charge in [0.1, 0.15) is 18.5 Å². The van der Waals surface area contributed by atoms with E-state index in [1.54, 1.807) is 48.5 Å². The van der Waals surface area contributed by atoms with Crippen molar-refractivity contribution in [2.75, 3.05) is 18.5 Å². The molecule has 0 saturated carbocycles. The van der Waals surface area contributed by atoms with Crippen molar-refractivity contribution in [3.8, 4) is 5.75 Å². The Kier molecular flexibility index (Phi) is 8.51. The molecule has 0 unspecified atom stereocenters. The average Bonchev–Trinajstić information content (AvgIpc) is 2.72. The second kappa shape index (κ2) is 11.4. The predicted molar refractivity (Wildman–Crippen MR) is 102 cm³/mol. The second-order valence-corrected chi connectivity index (χ2v) is 5.64. The molecule has 0 aliphatic carbocycles. The minimum atomic E-state index is -0.705. The van der Waals surface area contributed by atoms with Gasteiger partial charge in [0.2, 0.25) is 0 Å². The zero-order chi connectivity index (χ0) is 20.2. The van der Waals surface area contributed by atoms with Crippen LogP contribution in [0.25, 0.3) is 0 Å². The summed E-state index contributed by atoms with van der Waals surface area (Å²) in [5.74, 6) is -0.173. The maximum absolute atomic E-state index is 12.3. The lowest BCUT2D eigenvalue weighted by molar-refractivity contribution is -0.124. The first-order valence-electron chi connectivity index (χ1n) is 8.59. The van der Waals surface area contributed by atoms with E-state index in [4.69, 9.17) is 19.8 Å². The van der Waals surface area contributed by atoms with Gasteiger partial charge >= 0.3 is 6.09 Å². The fourth-order valence-electron chi connectivity index (χ4n) is 2.35. The maximum atomic E-state index is 12.3. The molecule has 0 spiro atoms. The molecule has 0 heterocycles. The van der Waals surface area contributed by atoms with Crippen molar-refractivity contribution in [2.24, 2.45) is 0 Å². The van der Waals surface area contributed by atoms with Gasteiger partial charge in [-0.2, -0.15) is 0 Å². The molecule has 0 bridgehead atoms. The molecular weight excluding hydrogens is 364 g/mol. The third kappa shape index (κ3) is 7.10. The molecule has 28 heavy (non-hydrogen) atoms. The van der Waals surface area contributed by atoms with Gasteiger partial charge in [-0.1, -0.05) is 36.4 Å². The molecular formula is C20H22N2O6. The number of aliphatic hydroxyl groups excluding tert-OH is 1. The first-order chi connectivity index (χ1) is 13.6. The lowest BCUT2D eigenvalue weighted by atomic mass is 10.1. The first-order valence-corrected chi connectivity index (χ1v) is 8.59. The SMILES string of the molecule is O=C(/C=C/C[C@H](OC(=O)Nc1ccccc1)c1cccc(OCCO)c1)NO. The summed E-state index contributed by atoms with van der Waals surface area (Å²) >= 11 is 0. The number of nitrogens with one attached hydrogen (secondary N) is 2. The third-order valence-electron chi connectivity index (χ3n) is 3.59. The van der Waals surface area contributed by atoms with E-state index < -0.39 is 18.1 Å². The van der Waals surface area contributed by atoms with Crippen molar-refractivity contribution >= 4 is 17.7 Å². The first kappa shape index (κ1) is 20.9. The number of anilines is 1. The summed E-state index contributed by atoms with van der Waals surface area (Å²) in [5.41, 5.74) is 2.73. The minimum absolute atomic E-state index is 0.122. The van der Waals surface area contributed by atoms with Gasteiger partial charge in [-0.15, -0.1) is 0 Å². The number of rotatable bonds is 9. The van der Waals surface area contributed by atoms with Crippen LogP contribution >= 0.6 is 0 Å². The summed E-state index contributed by atoms with van der Waals surface area (Å²) in [6, 6.07) is 15.7. The van der Waals surface area contributed by atoms with Crippen molar-refractivity contribution < 1.29 is 29.4 Å². The highest BCUT2D eigenvalue weighted by Gasteiger charge is 2.17. The molecule has 0 aliphatic rings. The number of para-hydroxylation sites is 1. The number of benzene rings is 2. The molecule has 8 nitrogen and oxygen atoms in total. The van der Waals surface area contributed by atoms with Crippen molar-refractivity contribution in [1.82, 2.24) is 5.48 Å². The van der Waals surface area contributed by atoms with Gasteiger partial charge in [0.05, 0.1) is 6.61 Å². The smallest absolute Gasteiger partial charge is 0.412 e. The van der Waals surface area contributed by atoms with Gasteiger partial charge in [0.15, 0.2) is 0 Å². The minimum Gasteiger partial charge on any atom is -0.491 e. The summed E-state index contributed by atoms with van der Waals surface area (Å²) in [6.07, 6.45) is 1.45. The molecule has 2 amide bonds. The van der Waals surface area contributed by atoms with Crippen molar-refractivity contribution in [3.63, 3.8) is 0 Å². The van der Waals surface area contributed by atoms with Crippen molar-refractivity contribution in [2.45, 2.75) is 12.5 Å². The summed E-state index contributed by atoms with van der Waals surface area (Å²) in [7, 11) is 0. The average molecular weight is 386 g/mol. The number of ether oxygens (including phenoxy) is 2. The molecule has 148 valence electrons. The van der Waals surface area contributed by atoms with Crippen LogP contribution < -0.4 is 15.5 Å². The van der Waals surface area contributed by atoms with Crippen LogP contribution in [0, 0.1) is 0 Å². The highest BCUT2D eigenvalue weighted by atomic mass is 16.6. The Morgan fingerprint density at radius 3 is 2.61 bits per heavy atom. The van der Waals surface area contributed by atoms with E-state index in [1.807, 2.05) is 6.07 Å². The highest BCUT2D eigenvalue weighted by molar-refractivity contribution is 5.86. The summed E-state index contributed by atoms with van der Waals surface area (Å²) in [6.45, 7) is 0.0166. The number of hydroxylamine groups is 1. The zero-order valence-corrected chi connectivity index (χ0v) is 15.1. The summed E-state index contributed by atoms with van der Waals surface area (Å²) in [4.78, 5) is 23.4. The lowest BCUT2D eigenvalue weighted by Gasteiger charge is -2.18. The second-order valence-electron chi connectivity index (χ2n) is 5.64. The molecule has 0 fully saturated rings. The maximum Gasteiger partial charge on any atom is 0.412 e. The van der Waals surface area contributed by atoms with Gasteiger partial charge in [0.25, 0.3) is 5.91 Å². The molecule has 2 aromatic rings. The normalized spacial score (nSPS) is 11.6. The van der Waals surface area contributed by atoms with Gasteiger partial charge in [0, 0.05) is 18.2 Å². The van der Waals surface area contributed by atoms with Crippen LogP contribution in [0.1, 0.15) is 18.1 Å². The van der Waals surface area contributed by atoms with Crippen molar-refractivity contribution in [3.05, 3.63) is 72.3 Å². The van der Waals surface area contributed by atoms with Crippen LogP contribution in [-0.2, 0) is 9.53 Å². The molecule has 0 saturated heterocycles. The Morgan fingerprint density at radius 1 is 1.11 bits per heavy atom. The number of aliphatic hydroxyl groups is 1. The molecule has 0 aliphatic heterocycles. The Balaban J connectivity index is 2.13. The zero-order valence-electron chi connectivity index (χ0n) is 15.1. The van der Waals surface area contributed by atoms with E-state index in [2.05, 4.69) is 5.32 Å². The quantitative estimate of drug-likeness (QED) is 0.299. The predicted octanol–water partition coefficient (Wildman–Crippen LogP) is 2.80. The summed E-state index contributed by atoms with van der Waals surface area (Å²) in [5, 5.41) is 20.1. The van der Waals surface area contributed by atoms with Gasteiger partial charge in [-0.05, 0) is 29.8 Å². The van der Waals surface area contributed by atoms with E-state index in [9.17, 15) is 9.59 Å². The molecule has 1 atom stereocenters. The van der Waals surface area contributed by atoms with E-state index >= 15 is 0 Å². The van der Waals surface area contributed by atoms with Crippen LogP contribution in [-0.4, -0.2) is 35.5 Å². The fraction of sp³-hybridized carbons (Fsp3) is 0.200. The number of amides is 2. The van der Waals surface area contributed by atoms with E-state index in [1.165, 1.54) is 11.6 Å². The third-order valence-corrected chi connectivity index (χ3v) is 3.59. The Morgan fingerprint density at radius 2 is 1.89 bits per heavy atom. The van der Waals surface area contributed by atoms with Crippen LogP contribution in [0.15, 0.2) is 66.7 Å². The van der Waals surface area contributed by atoms with Gasteiger partial charge in [-0.3, -0.25) is 15.3 Å². The summed E-state index contributed by atoms with van der Waals surface area (Å²) < 4.78 is 10.9. The number of carbonyl (C=O) groups is 2. The Bertz CT molecular complexity index is 794. The molecule has 0 aromatic heterocycles.